The maximum Gasteiger partial charge on any atom is 0.269 e. The number of carbonyl (C=O) groups excluding carboxylic acids is 1. The number of hydrogen-bond acceptors (Lipinski definition) is 6. The van der Waals surface area contributed by atoms with Gasteiger partial charge in [-0.1, -0.05) is 12.1 Å². The van der Waals surface area contributed by atoms with Crippen LogP contribution in [0.3, 0.4) is 0 Å². The molecular weight excluding hydrogens is 364 g/mol. The molecule has 28 heavy (non-hydrogen) atoms. The van der Waals surface area contributed by atoms with Crippen LogP contribution in [0.2, 0.25) is 0 Å². The number of rotatable bonds is 8. The highest BCUT2D eigenvalue weighted by molar-refractivity contribution is 5.95. The molecule has 1 aliphatic rings. The normalized spacial score (nSPS) is 17.0. The van der Waals surface area contributed by atoms with Crippen molar-refractivity contribution < 1.29 is 23.9 Å². The summed E-state index contributed by atoms with van der Waals surface area (Å²) in [6, 6.07) is 12.7. The number of para-hydroxylation sites is 2. The van der Waals surface area contributed by atoms with Crippen LogP contribution < -0.4 is 14.8 Å². The summed E-state index contributed by atoms with van der Waals surface area (Å²) in [4.78, 5) is 22.7. The number of amides is 1. The largest absolute Gasteiger partial charge is 0.489 e. The summed E-state index contributed by atoms with van der Waals surface area (Å²) < 4.78 is 16.9. The van der Waals surface area contributed by atoms with Crippen molar-refractivity contribution in [2.45, 2.75) is 32.0 Å². The lowest BCUT2D eigenvalue weighted by molar-refractivity contribution is -0.384. The molecule has 0 saturated carbocycles. The second-order valence-electron chi connectivity index (χ2n) is 6.44. The zero-order chi connectivity index (χ0) is 19.9. The minimum Gasteiger partial charge on any atom is -0.489 e. The lowest BCUT2D eigenvalue weighted by atomic mass is 10.2. The van der Waals surface area contributed by atoms with E-state index in [9.17, 15) is 14.9 Å². The quantitative estimate of drug-likeness (QED) is 0.550. The van der Waals surface area contributed by atoms with Gasteiger partial charge in [-0.15, -0.1) is 0 Å². The maximum atomic E-state index is 12.5. The van der Waals surface area contributed by atoms with Crippen molar-refractivity contribution in [3.8, 4) is 11.5 Å². The Balaban J connectivity index is 1.58. The van der Waals surface area contributed by atoms with Crippen molar-refractivity contribution >= 4 is 17.3 Å². The van der Waals surface area contributed by atoms with Gasteiger partial charge in [-0.2, -0.15) is 0 Å². The molecule has 0 radical (unpaired) electrons. The first-order chi connectivity index (χ1) is 13.5. The van der Waals surface area contributed by atoms with Gasteiger partial charge in [0.15, 0.2) is 6.10 Å². The molecule has 2 aromatic carbocycles. The Labute approximate surface area is 162 Å². The van der Waals surface area contributed by atoms with Crippen LogP contribution in [-0.2, 0) is 9.53 Å². The standard InChI is InChI=1S/C20H22N2O6/c1-14(28-16-10-8-15(9-11-16)22(24)25)20(23)21-18-6-2-3-7-19(18)27-13-17-5-4-12-26-17/h2-3,6-11,14,17H,4-5,12-13H2,1H3,(H,21,23). The number of nitro groups is 1. The topological polar surface area (TPSA) is 99.9 Å². The fourth-order valence-electron chi connectivity index (χ4n) is 2.79. The summed E-state index contributed by atoms with van der Waals surface area (Å²) in [5.74, 6) is 0.580. The highest BCUT2D eigenvalue weighted by atomic mass is 16.6. The van der Waals surface area contributed by atoms with Crippen LogP contribution in [0.15, 0.2) is 48.5 Å². The second kappa shape index (κ2) is 9.18. The van der Waals surface area contributed by atoms with Gasteiger partial charge >= 0.3 is 0 Å². The van der Waals surface area contributed by atoms with Gasteiger partial charge in [-0.25, -0.2) is 0 Å². The number of hydrogen-bond donors (Lipinski definition) is 1. The molecule has 0 spiro atoms. The van der Waals surface area contributed by atoms with Crippen LogP contribution in [0.4, 0.5) is 11.4 Å². The predicted molar refractivity (Wildman–Crippen MR) is 103 cm³/mol. The molecule has 2 atom stereocenters. The molecule has 2 unspecified atom stereocenters. The first kappa shape index (κ1) is 19.6. The maximum absolute atomic E-state index is 12.5. The van der Waals surface area contributed by atoms with Crippen molar-refractivity contribution in [3.63, 3.8) is 0 Å². The SMILES string of the molecule is CC(Oc1ccc([N+](=O)[O-])cc1)C(=O)Nc1ccccc1OCC1CCCO1. The molecule has 2 aromatic rings. The summed E-state index contributed by atoms with van der Waals surface area (Å²) >= 11 is 0. The van der Waals surface area contributed by atoms with Crippen LogP contribution in [0.25, 0.3) is 0 Å². The third-order valence-electron chi connectivity index (χ3n) is 4.32. The van der Waals surface area contributed by atoms with E-state index in [4.69, 9.17) is 14.2 Å². The van der Waals surface area contributed by atoms with E-state index in [0.717, 1.165) is 19.4 Å². The Hall–Kier alpha value is -3.13. The third kappa shape index (κ3) is 5.20. The number of ether oxygens (including phenoxy) is 3. The molecule has 3 rings (SSSR count). The van der Waals surface area contributed by atoms with Gasteiger partial charge in [0.2, 0.25) is 0 Å². The van der Waals surface area contributed by atoms with Gasteiger partial charge in [0, 0.05) is 18.7 Å². The van der Waals surface area contributed by atoms with E-state index in [1.807, 2.05) is 6.07 Å². The average Bonchev–Trinajstić information content (AvgIpc) is 3.21. The Morgan fingerprint density at radius 1 is 1.29 bits per heavy atom. The summed E-state index contributed by atoms with van der Waals surface area (Å²) in [5.41, 5.74) is 0.506. The molecule has 8 heteroatoms. The summed E-state index contributed by atoms with van der Waals surface area (Å²) in [7, 11) is 0. The molecule has 1 N–H and O–H groups in total. The van der Waals surface area contributed by atoms with E-state index in [1.54, 1.807) is 25.1 Å². The number of benzene rings is 2. The molecule has 1 heterocycles. The summed E-state index contributed by atoms with van der Waals surface area (Å²) in [5, 5.41) is 13.5. The first-order valence-corrected chi connectivity index (χ1v) is 9.08. The number of anilines is 1. The molecule has 1 amide bonds. The first-order valence-electron chi connectivity index (χ1n) is 9.08. The van der Waals surface area contributed by atoms with E-state index in [1.165, 1.54) is 24.3 Å². The molecule has 8 nitrogen and oxygen atoms in total. The number of nitrogens with zero attached hydrogens (tertiary/aromatic N) is 1. The lowest BCUT2D eigenvalue weighted by Gasteiger charge is -2.17. The lowest BCUT2D eigenvalue weighted by Crippen LogP contribution is -2.30. The monoisotopic (exact) mass is 386 g/mol. The molecule has 1 fully saturated rings. The molecule has 148 valence electrons. The molecule has 1 aliphatic heterocycles. The van der Waals surface area contributed by atoms with Crippen LogP contribution in [0.5, 0.6) is 11.5 Å². The van der Waals surface area contributed by atoms with Crippen LogP contribution in [-0.4, -0.2) is 36.3 Å². The van der Waals surface area contributed by atoms with E-state index in [2.05, 4.69) is 5.32 Å². The number of nitrogens with one attached hydrogen (secondary N) is 1. The van der Waals surface area contributed by atoms with E-state index >= 15 is 0 Å². The number of nitro benzene ring substituents is 1. The molecular formula is C20H22N2O6. The van der Waals surface area contributed by atoms with Gasteiger partial charge in [0.1, 0.15) is 18.1 Å². The van der Waals surface area contributed by atoms with Gasteiger partial charge in [-0.3, -0.25) is 14.9 Å². The number of non-ortho nitro benzene ring substituents is 1. The zero-order valence-corrected chi connectivity index (χ0v) is 15.5. The second-order valence-corrected chi connectivity index (χ2v) is 6.44. The van der Waals surface area contributed by atoms with Crippen molar-refractivity contribution in [1.82, 2.24) is 0 Å². The Kier molecular flexibility index (Phi) is 6.44. The molecule has 0 aromatic heterocycles. The van der Waals surface area contributed by atoms with Gasteiger partial charge < -0.3 is 19.5 Å². The number of carbonyl (C=O) groups is 1. The highest BCUT2D eigenvalue weighted by Crippen LogP contribution is 2.26. The minimum atomic E-state index is -0.798. The van der Waals surface area contributed by atoms with Crippen LogP contribution >= 0.6 is 0 Å². The van der Waals surface area contributed by atoms with E-state index in [0.29, 0.717) is 23.8 Å². The average molecular weight is 386 g/mol. The molecule has 0 aliphatic carbocycles. The van der Waals surface area contributed by atoms with E-state index < -0.39 is 11.0 Å². The highest BCUT2D eigenvalue weighted by Gasteiger charge is 2.19. The summed E-state index contributed by atoms with van der Waals surface area (Å²) in [6.45, 7) is 2.79. The Morgan fingerprint density at radius 2 is 2.04 bits per heavy atom. The van der Waals surface area contributed by atoms with Crippen molar-refractivity contribution in [2.24, 2.45) is 0 Å². The van der Waals surface area contributed by atoms with E-state index in [-0.39, 0.29) is 17.7 Å². The van der Waals surface area contributed by atoms with Crippen molar-refractivity contribution in [1.29, 1.82) is 0 Å². The Bertz CT molecular complexity index is 818. The van der Waals surface area contributed by atoms with Crippen molar-refractivity contribution in [2.75, 3.05) is 18.5 Å². The van der Waals surface area contributed by atoms with Gasteiger partial charge in [0.05, 0.1) is 16.7 Å². The Morgan fingerprint density at radius 3 is 2.71 bits per heavy atom. The van der Waals surface area contributed by atoms with Crippen LogP contribution in [0, 0.1) is 10.1 Å². The van der Waals surface area contributed by atoms with Crippen molar-refractivity contribution in [3.05, 3.63) is 58.6 Å². The molecule has 0 bridgehead atoms. The smallest absolute Gasteiger partial charge is 0.269 e. The van der Waals surface area contributed by atoms with Gasteiger partial charge in [-0.05, 0) is 44.0 Å². The third-order valence-corrected chi connectivity index (χ3v) is 4.32. The summed E-state index contributed by atoms with van der Waals surface area (Å²) in [6.07, 6.45) is 1.28. The van der Waals surface area contributed by atoms with Gasteiger partial charge in [0.25, 0.3) is 11.6 Å². The minimum absolute atomic E-state index is 0.0400. The predicted octanol–water partition coefficient (Wildman–Crippen LogP) is 3.56. The fraction of sp³-hybridized carbons (Fsp3) is 0.350. The fourth-order valence-corrected chi connectivity index (χ4v) is 2.79. The molecule has 1 saturated heterocycles. The zero-order valence-electron chi connectivity index (χ0n) is 15.5. The van der Waals surface area contributed by atoms with Crippen LogP contribution in [0.1, 0.15) is 19.8 Å².